The lowest BCUT2D eigenvalue weighted by atomic mass is 10.2. The van der Waals surface area contributed by atoms with Crippen molar-refractivity contribution in [1.82, 2.24) is 19.9 Å². The second-order valence-electron chi connectivity index (χ2n) is 6.82. The number of nitrogens with one attached hydrogen (secondary N) is 2. The van der Waals surface area contributed by atoms with Crippen molar-refractivity contribution in [2.24, 2.45) is 0 Å². The smallest absolute Gasteiger partial charge is 0.238 e. The van der Waals surface area contributed by atoms with Gasteiger partial charge in [0.2, 0.25) is 17.8 Å². The largest absolute Gasteiger partial charge is 0.497 e. The van der Waals surface area contributed by atoms with E-state index in [1.54, 1.807) is 36.3 Å². The standard InChI is InChI=1S/C21H25N7O2/c1-14-6-4-5-7-17(14)24-21-26-18(25-20(22)27-21)12-28(2)13-19(29)23-15-8-10-16(30-3)11-9-15/h4-11H,12-13H2,1-3H3,(H,23,29)(H3,22,24,25,26,27). The summed E-state index contributed by atoms with van der Waals surface area (Å²) < 4.78 is 5.11. The number of aromatic nitrogens is 3. The zero-order chi connectivity index (χ0) is 21.5. The number of hydrogen-bond acceptors (Lipinski definition) is 8. The van der Waals surface area contributed by atoms with E-state index in [9.17, 15) is 4.79 Å². The van der Waals surface area contributed by atoms with E-state index in [2.05, 4.69) is 25.6 Å². The Labute approximate surface area is 175 Å². The molecule has 0 atom stereocenters. The second-order valence-corrected chi connectivity index (χ2v) is 6.82. The summed E-state index contributed by atoms with van der Waals surface area (Å²) in [5, 5.41) is 6.00. The van der Waals surface area contributed by atoms with Crippen LogP contribution in [-0.4, -0.2) is 46.5 Å². The summed E-state index contributed by atoms with van der Waals surface area (Å²) in [5.41, 5.74) is 8.49. The molecule has 4 N–H and O–H groups in total. The van der Waals surface area contributed by atoms with Crippen molar-refractivity contribution < 1.29 is 9.53 Å². The average molecular weight is 407 g/mol. The van der Waals surface area contributed by atoms with E-state index in [1.807, 2.05) is 38.2 Å². The minimum Gasteiger partial charge on any atom is -0.497 e. The highest BCUT2D eigenvalue weighted by Crippen LogP contribution is 2.18. The van der Waals surface area contributed by atoms with Gasteiger partial charge in [0.15, 0.2) is 0 Å². The highest BCUT2D eigenvalue weighted by molar-refractivity contribution is 5.92. The van der Waals surface area contributed by atoms with Crippen LogP contribution in [0.25, 0.3) is 0 Å². The molecule has 9 heteroatoms. The zero-order valence-corrected chi connectivity index (χ0v) is 17.2. The summed E-state index contributed by atoms with van der Waals surface area (Å²) in [4.78, 5) is 26.8. The fourth-order valence-corrected chi connectivity index (χ4v) is 2.82. The van der Waals surface area contributed by atoms with Gasteiger partial charge in [0.05, 0.1) is 20.2 Å². The van der Waals surface area contributed by atoms with Gasteiger partial charge in [0, 0.05) is 11.4 Å². The predicted molar refractivity (Wildman–Crippen MR) is 117 cm³/mol. The van der Waals surface area contributed by atoms with Crippen molar-refractivity contribution in [1.29, 1.82) is 0 Å². The molecule has 0 bridgehead atoms. The molecule has 0 aliphatic rings. The summed E-state index contributed by atoms with van der Waals surface area (Å²) in [5.74, 6) is 1.53. The molecule has 156 valence electrons. The molecule has 0 radical (unpaired) electrons. The van der Waals surface area contributed by atoms with Gasteiger partial charge < -0.3 is 21.1 Å². The predicted octanol–water partition coefficient (Wildman–Crippen LogP) is 2.58. The Balaban J connectivity index is 1.60. The van der Waals surface area contributed by atoms with Gasteiger partial charge >= 0.3 is 0 Å². The lowest BCUT2D eigenvalue weighted by molar-refractivity contribution is -0.117. The Hall–Kier alpha value is -3.72. The molecule has 1 amide bonds. The van der Waals surface area contributed by atoms with Crippen LogP contribution in [0.15, 0.2) is 48.5 Å². The first-order valence-corrected chi connectivity index (χ1v) is 9.38. The maximum atomic E-state index is 12.3. The minimum atomic E-state index is -0.150. The fraction of sp³-hybridized carbons (Fsp3) is 0.238. The van der Waals surface area contributed by atoms with E-state index < -0.39 is 0 Å². The first-order valence-electron chi connectivity index (χ1n) is 9.38. The van der Waals surface area contributed by atoms with Crippen LogP contribution in [0.3, 0.4) is 0 Å². The van der Waals surface area contributed by atoms with Crippen LogP contribution in [0, 0.1) is 6.92 Å². The monoisotopic (exact) mass is 407 g/mol. The highest BCUT2D eigenvalue weighted by Gasteiger charge is 2.12. The van der Waals surface area contributed by atoms with Gasteiger partial charge in [-0.25, -0.2) is 0 Å². The van der Waals surface area contributed by atoms with Crippen LogP contribution in [-0.2, 0) is 11.3 Å². The summed E-state index contributed by atoms with van der Waals surface area (Å²) >= 11 is 0. The summed E-state index contributed by atoms with van der Waals surface area (Å²) in [6.07, 6.45) is 0. The highest BCUT2D eigenvalue weighted by atomic mass is 16.5. The maximum absolute atomic E-state index is 12.3. The Bertz CT molecular complexity index is 1010. The first kappa shape index (κ1) is 21.0. The van der Waals surface area contributed by atoms with E-state index in [0.29, 0.717) is 24.0 Å². The maximum Gasteiger partial charge on any atom is 0.238 e. The number of carbonyl (C=O) groups is 1. The molecule has 0 aliphatic heterocycles. The number of amides is 1. The number of likely N-dealkylation sites (N-methyl/N-ethyl adjacent to an activating group) is 1. The number of carbonyl (C=O) groups excluding carboxylic acids is 1. The number of rotatable bonds is 8. The van der Waals surface area contributed by atoms with Crippen LogP contribution in [0.1, 0.15) is 11.4 Å². The SMILES string of the molecule is COc1ccc(NC(=O)CN(C)Cc2nc(N)nc(Nc3ccccc3C)n2)cc1. The molecule has 0 spiro atoms. The number of para-hydroxylation sites is 1. The molecular formula is C21H25N7O2. The van der Waals surface area contributed by atoms with Crippen molar-refractivity contribution in [2.75, 3.05) is 37.1 Å². The topological polar surface area (TPSA) is 118 Å². The number of methoxy groups -OCH3 is 1. The van der Waals surface area contributed by atoms with E-state index >= 15 is 0 Å². The normalized spacial score (nSPS) is 10.7. The summed E-state index contributed by atoms with van der Waals surface area (Å²) in [6, 6.07) is 15.0. The van der Waals surface area contributed by atoms with Crippen molar-refractivity contribution >= 4 is 29.2 Å². The molecular weight excluding hydrogens is 382 g/mol. The van der Waals surface area contributed by atoms with Gasteiger partial charge in [-0.05, 0) is 49.9 Å². The van der Waals surface area contributed by atoms with Gasteiger partial charge in [-0.2, -0.15) is 15.0 Å². The van der Waals surface area contributed by atoms with Crippen molar-refractivity contribution in [3.05, 3.63) is 59.9 Å². The van der Waals surface area contributed by atoms with Crippen LogP contribution in [0.4, 0.5) is 23.3 Å². The lowest BCUT2D eigenvalue weighted by Crippen LogP contribution is -2.30. The number of aryl methyl sites for hydroxylation is 1. The Morgan fingerprint density at radius 1 is 1.10 bits per heavy atom. The quantitative estimate of drug-likeness (QED) is 0.521. The molecule has 2 aromatic carbocycles. The van der Waals surface area contributed by atoms with Gasteiger partial charge in [-0.15, -0.1) is 0 Å². The molecule has 30 heavy (non-hydrogen) atoms. The Kier molecular flexibility index (Phi) is 6.76. The van der Waals surface area contributed by atoms with Crippen LogP contribution in [0.5, 0.6) is 5.75 Å². The number of anilines is 4. The minimum absolute atomic E-state index is 0.118. The Morgan fingerprint density at radius 2 is 1.83 bits per heavy atom. The molecule has 3 aromatic rings. The van der Waals surface area contributed by atoms with Gasteiger partial charge in [-0.3, -0.25) is 9.69 Å². The Morgan fingerprint density at radius 3 is 2.53 bits per heavy atom. The molecule has 9 nitrogen and oxygen atoms in total. The molecule has 0 unspecified atom stereocenters. The van der Waals surface area contributed by atoms with Gasteiger partial charge in [0.1, 0.15) is 11.6 Å². The number of nitrogens with zero attached hydrogens (tertiary/aromatic N) is 4. The number of benzene rings is 2. The van der Waals surface area contributed by atoms with Gasteiger partial charge in [-0.1, -0.05) is 18.2 Å². The lowest BCUT2D eigenvalue weighted by Gasteiger charge is -2.16. The van der Waals surface area contributed by atoms with Crippen LogP contribution in [0.2, 0.25) is 0 Å². The zero-order valence-electron chi connectivity index (χ0n) is 17.2. The van der Waals surface area contributed by atoms with E-state index in [0.717, 1.165) is 17.0 Å². The van der Waals surface area contributed by atoms with E-state index in [-0.39, 0.29) is 18.4 Å². The molecule has 0 saturated heterocycles. The first-order chi connectivity index (χ1) is 14.4. The van der Waals surface area contributed by atoms with Gasteiger partial charge in [0.25, 0.3) is 0 Å². The fourth-order valence-electron chi connectivity index (χ4n) is 2.82. The van der Waals surface area contributed by atoms with Crippen molar-refractivity contribution in [2.45, 2.75) is 13.5 Å². The average Bonchev–Trinajstić information content (AvgIpc) is 2.69. The number of hydrogen-bond donors (Lipinski definition) is 3. The molecule has 0 saturated carbocycles. The number of nitrogens with two attached hydrogens (primary N) is 1. The number of nitrogen functional groups attached to an aromatic ring is 1. The number of ether oxygens (including phenoxy) is 1. The molecule has 1 heterocycles. The van der Waals surface area contributed by atoms with Crippen LogP contribution < -0.4 is 21.1 Å². The third-order valence-corrected chi connectivity index (χ3v) is 4.29. The molecule has 3 rings (SSSR count). The summed E-state index contributed by atoms with van der Waals surface area (Å²) in [7, 11) is 3.40. The van der Waals surface area contributed by atoms with Crippen LogP contribution >= 0.6 is 0 Å². The van der Waals surface area contributed by atoms with E-state index in [4.69, 9.17) is 10.5 Å². The second kappa shape index (κ2) is 9.66. The van der Waals surface area contributed by atoms with Crippen molar-refractivity contribution in [3.8, 4) is 5.75 Å². The third-order valence-electron chi connectivity index (χ3n) is 4.29. The molecule has 1 aromatic heterocycles. The van der Waals surface area contributed by atoms with E-state index in [1.165, 1.54) is 0 Å². The molecule has 0 aliphatic carbocycles. The molecule has 0 fully saturated rings. The third kappa shape index (κ3) is 5.89. The summed E-state index contributed by atoms with van der Waals surface area (Å²) in [6.45, 7) is 2.49. The van der Waals surface area contributed by atoms with Crippen molar-refractivity contribution in [3.63, 3.8) is 0 Å².